The second-order valence-corrected chi connectivity index (χ2v) is 11.5. The minimum atomic E-state index is -0.548. The molecule has 2 aliphatic heterocycles. The van der Waals surface area contributed by atoms with Crippen LogP contribution in [-0.4, -0.2) is 47.0 Å². The van der Waals surface area contributed by atoms with Gasteiger partial charge >= 0.3 is 0 Å². The van der Waals surface area contributed by atoms with Crippen LogP contribution in [0.1, 0.15) is 86.6 Å². The number of rotatable bonds is 10. The van der Waals surface area contributed by atoms with Gasteiger partial charge in [0.15, 0.2) is 0 Å². The van der Waals surface area contributed by atoms with Crippen molar-refractivity contribution in [1.82, 2.24) is 15.5 Å². The van der Waals surface area contributed by atoms with Crippen LogP contribution in [0.5, 0.6) is 0 Å². The van der Waals surface area contributed by atoms with E-state index in [1.807, 2.05) is 23.9 Å². The van der Waals surface area contributed by atoms with Gasteiger partial charge in [-0.2, -0.15) is 0 Å². The van der Waals surface area contributed by atoms with Crippen molar-refractivity contribution < 1.29 is 14.4 Å². The monoisotopic (exact) mass is 469 g/mol. The van der Waals surface area contributed by atoms with E-state index in [4.69, 9.17) is 0 Å². The van der Waals surface area contributed by atoms with E-state index >= 15 is 0 Å². The van der Waals surface area contributed by atoms with E-state index in [2.05, 4.69) is 16.7 Å². The van der Waals surface area contributed by atoms with Crippen molar-refractivity contribution in [2.75, 3.05) is 12.3 Å². The molecule has 178 valence electrons. The summed E-state index contributed by atoms with van der Waals surface area (Å²) < 4.78 is 0. The lowest BCUT2D eigenvalue weighted by atomic mass is 9.54. The molecular formula is C26H35N3O3S. The maximum atomic E-state index is 12.9. The van der Waals surface area contributed by atoms with Gasteiger partial charge in [-0.05, 0) is 80.4 Å². The molecule has 1 atom stereocenters. The Labute approximate surface area is 200 Å². The number of hydrogen-bond donors (Lipinski definition) is 2. The summed E-state index contributed by atoms with van der Waals surface area (Å²) in [5, 5.41) is 6.11. The fourth-order valence-corrected chi connectivity index (χ4v) is 7.07. The van der Waals surface area contributed by atoms with Crippen LogP contribution in [0.4, 0.5) is 0 Å². The number of carbonyl (C=O) groups is 3. The molecule has 6 nitrogen and oxygen atoms in total. The molecule has 0 bridgehead atoms. The second kappa shape index (κ2) is 9.79. The zero-order chi connectivity index (χ0) is 22.8. The van der Waals surface area contributed by atoms with Gasteiger partial charge in [0.2, 0.25) is 11.8 Å². The van der Waals surface area contributed by atoms with E-state index in [-0.39, 0.29) is 24.1 Å². The summed E-state index contributed by atoms with van der Waals surface area (Å²) in [6, 6.07) is 6.11. The number of thioether (sulfide) groups is 1. The number of piperidine rings is 1. The molecule has 0 aromatic heterocycles. The lowest BCUT2D eigenvalue weighted by Crippen LogP contribution is -2.52. The first-order chi connectivity index (χ1) is 16.0. The summed E-state index contributed by atoms with van der Waals surface area (Å²) in [4.78, 5) is 39.4. The maximum Gasteiger partial charge on any atom is 0.255 e. The number of nitrogens with zero attached hydrogens (tertiary/aromatic N) is 1. The van der Waals surface area contributed by atoms with Gasteiger partial charge in [0.05, 0.1) is 0 Å². The first-order valence-electron chi connectivity index (χ1n) is 12.7. The summed E-state index contributed by atoms with van der Waals surface area (Å²) in [6.07, 6.45) is 12.8. The normalized spacial score (nSPS) is 23.9. The summed E-state index contributed by atoms with van der Waals surface area (Å²) in [7, 11) is 0. The molecule has 5 rings (SSSR count). The van der Waals surface area contributed by atoms with Crippen LogP contribution in [0.15, 0.2) is 23.1 Å². The molecule has 4 aliphatic rings. The molecule has 1 aromatic carbocycles. The number of nitrogens with one attached hydrogen (secondary N) is 2. The highest BCUT2D eigenvalue weighted by atomic mass is 32.2. The van der Waals surface area contributed by atoms with Gasteiger partial charge in [-0.1, -0.05) is 25.3 Å². The van der Waals surface area contributed by atoms with Crippen molar-refractivity contribution in [3.63, 3.8) is 0 Å². The minimum Gasteiger partial charge on any atom is -0.322 e. The topological polar surface area (TPSA) is 78.5 Å². The number of amides is 3. The molecule has 2 saturated carbocycles. The third-order valence-electron chi connectivity index (χ3n) is 8.07. The van der Waals surface area contributed by atoms with E-state index < -0.39 is 6.04 Å². The highest BCUT2D eigenvalue weighted by Gasteiger charge is 2.47. The largest absolute Gasteiger partial charge is 0.322 e. The SMILES string of the molecule is O=C1CCC(N2Cc3c(SCCCCCCNC4CC5(CCC5)C4)cccc3C2=O)C(=O)N1. The zero-order valence-electron chi connectivity index (χ0n) is 19.4. The average molecular weight is 470 g/mol. The van der Waals surface area contributed by atoms with Gasteiger partial charge in [0, 0.05) is 29.5 Å². The first-order valence-corrected chi connectivity index (χ1v) is 13.7. The number of benzene rings is 1. The lowest BCUT2D eigenvalue weighted by molar-refractivity contribution is -0.136. The van der Waals surface area contributed by atoms with Gasteiger partial charge in [0.1, 0.15) is 6.04 Å². The predicted molar refractivity (Wildman–Crippen MR) is 129 cm³/mol. The quantitative estimate of drug-likeness (QED) is 0.307. The molecule has 3 amide bonds. The van der Waals surface area contributed by atoms with Gasteiger partial charge < -0.3 is 10.2 Å². The van der Waals surface area contributed by atoms with Crippen molar-refractivity contribution in [2.24, 2.45) is 5.41 Å². The maximum absolute atomic E-state index is 12.9. The van der Waals surface area contributed by atoms with Crippen LogP contribution in [0.3, 0.4) is 0 Å². The lowest BCUT2D eigenvalue weighted by Gasteiger charge is -2.54. The molecule has 7 heteroatoms. The van der Waals surface area contributed by atoms with Crippen LogP contribution in [-0.2, 0) is 16.1 Å². The van der Waals surface area contributed by atoms with Crippen LogP contribution in [0.2, 0.25) is 0 Å². The van der Waals surface area contributed by atoms with E-state index in [1.54, 1.807) is 4.90 Å². The van der Waals surface area contributed by atoms with Crippen molar-refractivity contribution in [3.05, 3.63) is 29.3 Å². The third kappa shape index (κ3) is 4.85. The molecular weight excluding hydrogens is 434 g/mol. The van der Waals surface area contributed by atoms with Gasteiger partial charge in [-0.25, -0.2) is 0 Å². The molecule has 1 spiro atoms. The molecule has 3 fully saturated rings. The van der Waals surface area contributed by atoms with Crippen LogP contribution in [0.25, 0.3) is 0 Å². The fourth-order valence-electron chi connectivity index (χ4n) is 5.98. The van der Waals surface area contributed by atoms with Crippen LogP contribution >= 0.6 is 11.8 Å². The van der Waals surface area contributed by atoms with E-state index in [1.165, 1.54) is 57.8 Å². The number of hydrogen-bond acceptors (Lipinski definition) is 5. The number of imide groups is 1. The molecule has 2 aliphatic carbocycles. The summed E-state index contributed by atoms with van der Waals surface area (Å²) in [5.41, 5.74) is 2.50. The van der Waals surface area contributed by atoms with Gasteiger partial charge in [-0.3, -0.25) is 19.7 Å². The molecule has 0 radical (unpaired) electrons. The van der Waals surface area contributed by atoms with Crippen molar-refractivity contribution in [3.8, 4) is 0 Å². The number of carbonyl (C=O) groups excluding carboxylic acids is 3. The molecule has 1 aromatic rings. The highest BCUT2D eigenvalue weighted by Crippen LogP contribution is 2.55. The van der Waals surface area contributed by atoms with Crippen molar-refractivity contribution in [1.29, 1.82) is 0 Å². The molecule has 2 N–H and O–H groups in total. The third-order valence-corrected chi connectivity index (χ3v) is 9.26. The van der Waals surface area contributed by atoms with Crippen molar-refractivity contribution in [2.45, 2.75) is 94.2 Å². The van der Waals surface area contributed by atoms with Crippen LogP contribution in [0, 0.1) is 5.41 Å². The summed E-state index contributed by atoms with van der Waals surface area (Å²) in [5.74, 6) is 0.347. The first kappa shape index (κ1) is 22.9. The Morgan fingerprint density at radius 1 is 1.09 bits per heavy atom. The van der Waals surface area contributed by atoms with E-state index in [0.717, 1.165) is 34.2 Å². The van der Waals surface area contributed by atoms with Crippen LogP contribution < -0.4 is 10.6 Å². The van der Waals surface area contributed by atoms with Crippen molar-refractivity contribution >= 4 is 29.5 Å². The summed E-state index contributed by atoms with van der Waals surface area (Å²) in [6.45, 7) is 1.61. The Balaban J connectivity index is 1.02. The molecule has 1 unspecified atom stereocenters. The Kier molecular flexibility index (Phi) is 6.79. The second-order valence-electron chi connectivity index (χ2n) is 10.4. The van der Waals surface area contributed by atoms with E-state index in [0.29, 0.717) is 18.5 Å². The Morgan fingerprint density at radius 3 is 2.67 bits per heavy atom. The zero-order valence-corrected chi connectivity index (χ0v) is 20.2. The average Bonchev–Trinajstić information content (AvgIpc) is 3.07. The molecule has 1 saturated heterocycles. The Bertz CT molecular complexity index is 921. The standard InChI is InChI=1S/C26H35N3O3S/c30-23-10-9-21(24(31)28-23)29-17-20-19(25(29)32)7-5-8-22(20)33-14-4-2-1-3-13-27-18-15-26(16-18)11-6-12-26/h5,7-8,18,21,27H,1-4,6,9-17H2,(H,28,30,31). The van der Waals surface area contributed by atoms with Gasteiger partial charge in [0.25, 0.3) is 5.91 Å². The Hall–Kier alpha value is -1.86. The van der Waals surface area contributed by atoms with E-state index in [9.17, 15) is 14.4 Å². The predicted octanol–water partition coefficient (Wildman–Crippen LogP) is 4.02. The highest BCUT2D eigenvalue weighted by molar-refractivity contribution is 7.99. The molecule has 2 heterocycles. The summed E-state index contributed by atoms with van der Waals surface area (Å²) >= 11 is 1.82. The smallest absolute Gasteiger partial charge is 0.255 e. The minimum absolute atomic E-state index is 0.0934. The molecule has 33 heavy (non-hydrogen) atoms. The van der Waals surface area contributed by atoms with Gasteiger partial charge in [-0.15, -0.1) is 11.8 Å². The number of unbranched alkanes of at least 4 members (excludes halogenated alkanes) is 3. The fraction of sp³-hybridized carbons (Fsp3) is 0.654. The number of fused-ring (bicyclic) bond motifs is 1. The Morgan fingerprint density at radius 2 is 1.91 bits per heavy atom.